The Labute approximate surface area is 88.0 Å². The molecule has 0 bridgehead atoms. The molecule has 4 nitrogen and oxygen atoms in total. The number of thiocarbonyl (C=S) groups is 1. The molecule has 0 radical (unpaired) electrons. The summed E-state index contributed by atoms with van der Waals surface area (Å²) in [5.41, 5.74) is 5.92. The second-order valence-corrected chi connectivity index (χ2v) is 5.24. The average molecular weight is 230 g/mol. The first-order valence-corrected chi connectivity index (χ1v) is 6.06. The number of rotatable bonds is 2. The van der Waals surface area contributed by atoms with E-state index < -0.39 is 9.84 Å². The molecular weight excluding hydrogens is 220 g/mol. The Morgan fingerprint density at radius 3 is 2.21 bits per heavy atom. The van der Waals surface area contributed by atoms with Crippen LogP contribution in [-0.2, 0) is 9.84 Å². The molecular formula is C8H10N2O2S2. The van der Waals surface area contributed by atoms with Gasteiger partial charge in [-0.25, -0.2) is 8.42 Å². The van der Waals surface area contributed by atoms with Gasteiger partial charge in [0.1, 0.15) is 0 Å². The number of hydrogen-bond acceptors (Lipinski definition) is 3. The van der Waals surface area contributed by atoms with E-state index in [0.717, 1.165) is 6.26 Å². The number of benzene rings is 1. The molecule has 1 aromatic carbocycles. The monoisotopic (exact) mass is 230 g/mol. The number of anilines is 1. The third kappa shape index (κ3) is 2.97. The van der Waals surface area contributed by atoms with Gasteiger partial charge in [0.05, 0.1) is 4.90 Å². The molecule has 0 saturated carbocycles. The van der Waals surface area contributed by atoms with Crippen molar-refractivity contribution in [3.05, 3.63) is 24.3 Å². The Bertz CT molecular complexity index is 437. The number of sulfone groups is 1. The lowest BCUT2D eigenvalue weighted by atomic mass is 10.3. The van der Waals surface area contributed by atoms with E-state index in [1.807, 2.05) is 0 Å². The van der Waals surface area contributed by atoms with Crippen molar-refractivity contribution in [2.45, 2.75) is 4.90 Å². The summed E-state index contributed by atoms with van der Waals surface area (Å²) in [7, 11) is -3.14. The van der Waals surface area contributed by atoms with Gasteiger partial charge >= 0.3 is 0 Å². The van der Waals surface area contributed by atoms with Crippen LogP contribution in [0.4, 0.5) is 5.69 Å². The van der Waals surface area contributed by atoms with Crippen LogP contribution in [0.2, 0.25) is 0 Å². The molecule has 0 spiro atoms. The Balaban J connectivity index is 2.95. The van der Waals surface area contributed by atoms with E-state index in [4.69, 9.17) is 5.73 Å². The predicted molar refractivity (Wildman–Crippen MR) is 60.0 cm³/mol. The second kappa shape index (κ2) is 3.93. The maximum atomic E-state index is 11.1. The highest BCUT2D eigenvalue weighted by Gasteiger charge is 2.05. The van der Waals surface area contributed by atoms with Gasteiger partial charge in [-0.1, -0.05) is 0 Å². The van der Waals surface area contributed by atoms with Crippen LogP contribution >= 0.6 is 12.2 Å². The SMILES string of the molecule is CS(=O)(=O)c1ccc(NC(N)=S)cc1. The summed E-state index contributed by atoms with van der Waals surface area (Å²) in [5, 5.41) is 2.85. The van der Waals surface area contributed by atoms with Crippen LogP contribution < -0.4 is 11.1 Å². The van der Waals surface area contributed by atoms with Gasteiger partial charge in [0.2, 0.25) is 0 Å². The first-order valence-electron chi connectivity index (χ1n) is 3.76. The maximum absolute atomic E-state index is 11.1. The summed E-state index contributed by atoms with van der Waals surface area (Å²) in [4.78, 5) is 0.269. The first kappa shape index (κ1) is 10.9. The molecule has 0 atom stereocenters. The van der Waals surface area contributed by atoms with Crippen molar-refractivity contribution in [1.29, 1.82) is 0 Å². The number of nitrogens with one attached hydrogen (secondary N) is 1. The third-order valence-electron chi connectivity index (χ3n) is 1.55. The van der Waals surface area contributed by atoms with E-state index in [0.29, 0.717) is 5.69 Å². The van der Waals surface area contributed by atoms with Gasteiger partial charge in [-0.2, -0.15) is 0 Å². The summed E-state index contributed by atoms with van der Waals surface area (Å²) in [5.74, 6) is 0. The maximum Gasteiger partial charge on any atom is 0.175 e. The van der Waals surface area contributed by atoms with Gasteiger partial charge < -0.3 is 11.1 Å². The standard InChI is InChI=1S/C8H10N2O2S2/c1-14(11,12)7-4-2-6(3-5-7)10-8(9)13/h2-5H,1H3,(H3,9,10,13). The molecule has 3 N–H and O–H groups in total. The van der Waals surface area contributed by atoms with Gasteiger partial charge in [0.15, 0.2) is 14.9 Å². The van der Waals surface area contributed by atoms with Crippen LogP contribution in [0.1, 0.15) is 0 Å². The van der Waals surface area contributed by atoms with Gasteiger partial charge in [-0.05, 0) is 36.5 Å². The fourth-order valence-corrected chi connectivity index (χ4v) is 1.68. The molecule has 0 saturated heterocycles. The molecule has 6 heteroatoms. The largest absolute Gasteiger partial charge is 0.376 e. The second-order valence-electron chi connectivity index (χ2n) is 2.79. The van der Waals surface area contributed by atoms with Gasteiger partial charge in [0.25, 0.3) is 0 Å². The Morgan fingerprint density at radius 2 is 1.86 bits per heavy atom. The van der Waals surface area contributed by atoms with E-state index in [1.54, 1.807) is 12.1 Å². The van der Waals surface area contributed by atoms with Crippen molar-refractivity contribution in [2.24, 2.45) is 5.73 Å². The van der Waals surface area contributed by atoms with Gasteiger partial charge in [0, 0.05) is 11.9 Å². The molecule has 0 amide bonds. The van der Waals surface area contributed by atoms with Crippen LogP contribution in [0.5, 0.6) is 0 Å². The summed E-state index contributed by atoms with van der Waals surface area (Å²) in [6, 6.07) is 6.21. The summed E-state index contributed by atoms with van der Waals surface area (Å²) in [6.45, 7) is 0. The van der Waals surface area contributed by atoms with Crippen molar-refractivity contribution < 1.29 is 8.42 Å². The lowest BCUT2D eigenvalue weighted by Gasteiger charge is -2.03. The molecule has 0 unspecified atom stereocenters. The summed E-state index contributed by atoms with van der Waals surface area (Å²) >= 11 is 4.63. The van der Waals surface area contributed by atoms with E-state index in [9.17, 15) is 8.42 Å². The van der Waals surface area contributed by atoms with Crippen LogP contribution in [0.15, 0.2) is 29.2 Å². The lowest BCUT2D eigenvalue weighted by molar-refractivity contribution is 0.602. The minimum atomic E-state index is -3.14. The summed E-state index contributed by atoms with van der Waals surface area (Å²) < 4.78 is 22.2. The zero-order chi connectivity index (χ0) is 10.8. The predicted octanol–water partition coefficient (Wildman–Crippen LogP) is 0.746. The molecule has 0 aliphatic carbocycles. The molecule has 0 aliphatic heterocycles. The Hall–Kier alpha value is -1.14. The van der Waals surface area contributed by atoms with Crippen LogP contribution in [0.25, 0.3) is 0 Å². The lowest BCUT2D eigenvalue weighted by Crippen LogP contribution is -2.18. The van der Waals surface area contributed by atoms with Crippen molar-refractivity contribution in [3.63, 3.8) is 0 Å². The fraction of sp³-hybridized carbons (Fsp3) is 0.125. The Kier molecular flexibility index (Phi) is 3.07. The molecule has 0 aliphatic rings. The van der Waals surface area contributed by atoms with Crippen molar-refractivity contribution in [2.75, 3.05) is 11.6 Å². The van der Waals surface area contributed by atoms with Crippen molar-refractivity contribution in [3.8, 4) is 0 Å². The van der Waals surface area contributed by atoms with Crippen molar-refractivity contribution >= 4 is 32.9 Å². The minimum Gasteiger partial charge on any atom is -0.376 e. The van der Waals surface area contributed by atoms with E-state index >= 15 is 0 Å². The van der Waals surface area contributed by atoms with Crippen LogP contribution in [0.3, 0.4) is 0 Å². The number of hydrogen-bond donors (Lipinski definition) is 2. The quantitative estimate of drug-likeness (QED) is 0.733. The first-order chi connectivity index (χ1) is 6.39. The highest BCUT2D eigenvalue weighted by atomic mass is 32.2. The molecule has 0 heterocycles. The van der Waals surface area contributed by atoms with E-state index in [1.165, 1.54) is 12.1 Å². The molecule has 76 valence electrons. The van der Waals surface area contributed by atoms with Gasteiger partial charge in [-0.3, -0.25) is 0 Å². The average Bonchev–Trinajstić information content (AvgIpc) is 2.02. The number of nitrogens with two attached hydrogens (primary N) is 1. The molecule has 14 heavy (non-hydrogen) atoms. The highest BCUT2D eigenvalue weighted by molar-refractivity contribution is 7.90. The smallest absolute Gasteiger partial charge is 0.175 e. The molecule has 0 fully saturated rings. The zero-order valence-electron chi connectivity index (χ0n) is 7.52. The van der Waals surface area contributed by atoms with E-state index in [-0.39, 0.29) is 10.0 Å². The zero-order valence-corrected chi connectivity index (χ0v) is 9.15. The normalized spacial score (nSPS) is 10.9. The topological polar surface area (TPSA) is 72.2 Å². The molecule has 1 rings (SSSR count). The molecule has 1 aromatic rings. The highest BCUT2D eigenvalue weighted by Crippen LogP contribution is 2.13. The van der Waals surface area contributed by atoms with Crippen molar-refractivity contribution in [1.82, 2.24) is 0 Å². The summed E-state index contributed by atoms with van der Waals surface area (Å²) in [6.07, 6.45) is 1.16. The van der Waals surface area contributed by atoms with Crippen LogP contribution in [-0.4, -0.2) is 19.8 Å². The van der Waals surface area contributed by atoms with E-state index in [2.05, 4.69) is 17.5 Å². The fourth-order valence-electron chi connectivity index (χ4n) is 0.928. The molecule has 0 aromatic heterocycles. The minimum absolute atomic E-state index is 0.150. The Morgan fingerprint density at radius 1 is 1.36 bits per heavy atom. The van der Waals surface area contributed by atoms with Gasteiger partial charge in [-0.15, -0.1) is 0 Å². The van der Waals surface area contributed by atoms with Crippen LogP contribution in [0, 0.1) is 0 Å². The third-order valence-corrected chi connectivity index (χ3v) is 2.78.